The summed E-state index contributed by atoms with van der Waals surface area (Å²) >= 11 is 0.998. The molecule has 0 saturated heterocycles. The number of aromatic nitrogens is 2. The lowest BCUT2D eigenvalue weighted by molar-refractivity contribution is -0.140. The molecule has 1 rings (SSSR count). The normalized spacial score (nSPS) is 11.5. The minimum absolute atomic E-state index is 0.0193. The number of carbonyl (C=O) groups is 3. The molecule has 25 heavy (non-hydrogen) atoms. The molecule has 9 heteroatoms. The van der Waals surface area contributed by atoms with E-state index in [-0.39, 0.29) is 29.9 Å². The van der Waals surface area contributed by atoms with Crippen molar-refractivity contribution in [3.8, 4) is 0 Å². The quantitative estimate of drug-likeness (QED) is 0.696. The van der Waals surface area contributed by atoms with E-state index in [4.69, 9.17) is 10.5 Å². The van der Waals surface area contributed by atoms with Crippen molar-refractivity contribution < 1.29 is 19.1 Å². The molecule has 1 aromatic heterocycles. The second-order valence-electron chi connectivity index (χ2n) is 5.28. The molecule has 1 aromatic rings. The highest BCUT2D eigenvalue weighted by Gasteiger charge is 2.13. The Morgan fingerprint density at radius 2 is 1.96 bits per heavy atom. The zero-order valence-corrected chi connectivity index (χ0v) is 15.5. The molecule has 1 heterocycles. The summed E-state index contributed by atoms with van der Waals surface area (Å²) in [5.41, 5.74) is 6.84. The molecule has 0 saturated carbocycles. The zero-order chi connectivity index (χ0) is 19.0. The summed E-state index contributed by atoms with van der Waals surface area (Å²) < 4.78 is 4.89. The maximum atomic E-state index is 12.2. The molecule has 3 N–H and O–H groups in total. The van der Waals surface area contributed by atoms with Gasteiger partial charge in [0, 0.05) is 42.6 Å². The number of esters is 1. The van der Waals surface area contributed by atoms with Crippen LogP contribution in [0.25, 0.3) is 0 Å². The van der Waals surface area contributed by atoms with Gasteiger partial charge in [-0.3, -0.25) is 14.4 Å². The van der Waals surface area contributed by atoms with Gasteiger partial charge in [-0.2, -0.15) is 0 Å². The Labute approximate surface area is 150 Å². The highest BCUT2D eigenvalue weighted by molar-refractivity contribution is 8.16. The van der Waals surface area contributed by atoms with Crippen LogP contribution in [0.5, 0.6) is 0 Å². The van der Waals surface area contributed by atoms with E-state index in [0.29, 0.717) is 28.4 Å². The third-order valence-electron chi connectivity index (χ3n) is 3.02. The van der Waals surface area contributed by atoms with Crippen LogP contribution in [0.1, 0.15) is 38.6 Å². The van der Waals surface area contributed by atoms with Crippen LogP contribution >= 0.6 is 11.8 Å². The number of ether oxygens (including phenoxy) is 1. The van der Waals surface area contributed by atoms with E-state index in [0.717, 1.165) is 11.8 Å². The SMILES string of the molecule is CC(=O)OCC/C(SC(C)=O)=C(\C)NC(=O)Cc1cnc(C)nc1N. The van der Waals surface area contributed by atoms with Crippen LogP contribution in [-0.2, 0) is 25.5 Å². The number of nitrogens with one attached hydrogen (secondary N) is 1. The number of amides is 1. The molecule has 8 nitrogen and oxygen atoms in total. The summed E-state index contributed by atoms with van der Waals surface area (Å²) in [6.45, 7) is 6.27. The molecule has 0 atom stereocenters. The van der Waals surface area contributed by atoms with Gasteiger partial charge < -0.3 is 15.8 Å². The van der Waals surface area contributed by atoms with Crippen LogP contribution in [0.2, 0.25) is 0 Å². The van der Waals surface area contributed by atoms with Crippen LogP contribution in [0.4, 0.5) is 5.82 Å². The summed E-state index contributed by atoms with van der Waals surface area (Å²) in [5, 5.41) is 2.61. The number of hydrogen-bond acceptors (Lipinski definition) is 8. The minimum Gasteiger partial charge on any atom is -0.466 e. The van der Waals surface area contributed by atoms with E-state index in [9.17, 15) is 14.4 Å². The van der Waals surface area contributed by atoms with Crippen molar-refractivity contribution >= 4 is 34.6 Å². The van der Waals surface area contributed by atoms with E-state index in [1.807, 2.05) is 0 Å². The van der Waals surface area contributed by atoms with E-state index < -0.39 is 5.97 Å². The van der Waals surface area contributed by atoms with Crippen molar-refractivity contribution in [3.63, 3.8) is 0 Å². The number of thioether (sulfide) groups is 1. The molecule has 1 amide bonds. The van der Waals surface area contributed by atoms with Crippen LogP contribution in [0.3, 0.4) is 0 Å². The summed E-state index contributed by atoms with van der Waals surface area (Å²) in [7, 11) is 0. The van der Waals surface area contributed by atoms with Gasteiger partial charge in [-0.05, 0) is 13.8 Å². The van der Waals surface area contributed by atoms with Gasteiger partial charge in [0.05, 0.1) is 13.0 Å². The molecule has 0 aliphatic rings. The van der Waals surface area contributed by atoms with E-state index in [1.54, 1.807) is 13.8 Å². The van der Waals surface area contributed by atoms with E-state index in [2.05, 4.69) is 15.3 Å². The Morgan fingerprint density at radius 3 is 2.52 bits per heavy atom. The van der Waals surface area contributed by atoms with Crippen molar-refractivity contribution in [3.05, 3.63) is 28.2 Å². The van der Waals surface area contributed by atoms with Gasteiger partial charge in [0.25, 0.3) is 0 Å². The third-order valence-corrected chi connectivity index (χ3v) is 4.06. The van der Waals surface area contributed by atoms with E-state index in [1.165, 1.54) is 20.0 Å². The second-order valence-corrected chi connectivity index (χ2v) is 6.56. The molecule has 0 bridgehead atoms. The second kappa shape index (κ2) is 9.77. The Kier molecular flexibility index (Phi) is 8.06. The summed E-state index contributed by atoms with van der Waals surface area (Å²) in [6, 6.07) is 0. The van der Waals surface area contributed by atoms with Crippen molar-refractivity contribution in [2.24, 2.45) is 0 Å². The number of nitrogens with two attached hydrogens (primary N) is 1. The predicted octanol–water partition coefficient (Wildman–Crippen LogP) is 1.49. The number of hydrogen-bond donors (Lipinski definition) is 2. The standard InChI is InChI=1S/C16H22N4O4S/c1-9(14(25-12(4)22)5-6-24-11(3)21)19-15(23)7-13-8-18-10(2)20-16(13)17/h8H,5-7H2,1-4H3,(H,19,23)(H2,17,18,20)/b14-9-. The number of allylic oxidation sites excluding steroid dienone is 1. The van der Waals surface area contributed by atoms with Crippen molar-refractivity contribution in [2.75, 3.05) is 12.3 Å². The Bertz CT molecular complexity index is 703. The molecular formula is C16H22N4O4S. The fourth-order valence-corrected chi connectivity index (χ4v) is 2.66. The van der Waals surface area contributed by atoms with Crippen LogP contribution in [-0.4, -0.2) is 33.6 Å². The Hall–Kier alpha value is -2.42. The van der Waals surface area contributed by atoms with Gasteiger partial charge in [-0.1, -0.05) is 11.8 Å². The number of aryl methyl sites for hydroxylation is 1. The molecular weight excluding hydrogens is 344 g/mol. The highest BCUT2D eigenvalue weighted by Crippen LogP contribution is 2.23. The third kappa shape index (κ3) is 7.79. The van der Waals surface area contributed by atoms with Gasteiger partial charge in [-0.15, -0.1) is 0 Å². The topological polar surface area (TPSA) is 124 Å². The molecule has 0 radical (unpaired) electrons. The average Bonchev–Trinajstić information content (AvgIpc) is 2.48. The number of nitrogens with zero attached hydrogens (tertiary/aromatic N) is 2. The summed E-state index contributed by atoms with van der Waals surface area (Å²) in [6.07, 6.45) is 1.87. The summed E-state index contributed by atoms with van der Waals surface area (Å²) in [4.78, 5) is 43.1. The van der Waals surface area contributed by atoms with E-state index >= 15 is 0 Å². The maximum Gasteiger partial charge on any atom is 0.302 e. The number of carbonyl (C=O) groups excluding carboxylic acids is 3. The fraction of sp³-hybridized carbons (Fsp3) is 0.438. The molecule has 0 aliphatic heterocycles. The highest BCUT2D eigenvalue weighted by atomic mass is 32.2. The molecule has 0 unspecified atom stereocenters. The Balaban J connectivity index is 2.78. The van der Waals surface area contributed by atoms with Gasteiger partial charge >= 0.3 is 5.97 Å². The first-order valence-corrected chi connectivity index (χ1v) is 8.40. The van der Waals surface area contributed by atoms with Gasteiger partial charge in [0.2, 0.25) is 5.91 Å². The lowest BCUT2D eigenvalue weighted by Crippen LogP contribution is -2.25. The van der Waals surface area contributed by atoms with Gasteiger partial charge in [0.1, 0.15) is 11.6 Å². The predicted molar refractivity (Wildman–Crippen MR) is 95.3 cm³/mol. The number of anilines is 1. The van der Waals surface area contributed by atoms with Crippen molar-refractivity contribution in [1.29, 1.82) is 0 Å². The van der Waals surface area contributed by atoms with Gasteiger partial charge in [-0.25, -0.2) is 9.97 Å². The zero-order valence-electron chi connectivity index (χ0n) is 14.7. The Morgan fingerprint density at radius 1 is 1.28 bits per heavy atom. The molecule has 0 aromatic carbocycles. The van der Waals surface area contributed by atoms with Crippen molar-refractivity contribution in [1.82, 2.24) is 15.3 Å². The largest absolute Gasteiger partial charge is 0.466 e. The lowest BCUT2D eigenvalue weighted by atomic mass is 10.2. The lowest BCUT2D eigenvalue weighted by Gasteiger charge is -2.12. The van der Waals surface area contributed by atoms with Crippen LogP contribution < -0.4 is 11.1 Å². The molecule has 0 fully saturated rings. The smallest absolute Gasteiger partial charge is 0.302 e. The first-order valence-electron chi connectivity index (χ1n) is 7.58. The fourth-order valence-electron chi connectivity index (χ4n) is 1.92. The molecule has 136 valence electrons. The summed E-state index contributed by atoms with van der Waals surface area (Å²) in [5.74, 6) is 0.0929. The number of rotatable bonds is 7. The average molecular weight is 366 g/mol. The number of nitrogen functional groups attached to an aromatic ring is 1. The maximum absolute atomic E-state index is 12.2. The monoisotopic (exact) mass is 366 g/mol. The van der Waals surface area contributed by atoms with Crippen molar-refractivity contribution in [2.45, 2.75) is 40.5 Å². The first kappa shape index (κ1) is 20.6. The first-order chi connectivity index (χ1) is 11.7. The van der Waals surface area contributed by atoms with Crippen LogP contribution in [0.15, 0.2) is 16.8 Å². The van der Waals surface area contributed by atoms with Crippen LogP contribution in [0, 0.1) is 6.92 Å². The molecule has 0 aliphatic carbocycles. The van der Waals surface area contributed by atoms with Gasteiger partial charge in [0.15, 0.2) is 5.12 Å². The molecule has 0 spiro atoms. The minimum atomic E-state index is -0.399.